The van der Waals surface area contributed by atoms with Crippen molar-refractivity contribution in [2.45, 2.75) is 43.0 Å². The Morgan fingerprint density at radius 3 is 2.29 bits per heavy atom. The van der Waals surface area contributed by atoms with Gasteiger partial charge < -0.3 is 14.8 Å². The number of ether oxygens (including phenoxy) is 2. The van der Waals surface area contributed by atoms with Gasteiger partial charge in [0.25, 0.3) is 0 Å². The van der Waals surface area contributed by atoms with E-state index in [-0.39, 0.29) is 28.8 Å². The number of aryl methyl sites for hydroxylation is 1. The van der Waals surface area contributed by atoms with Crippen LogP contribution in [0.15, 0.2) is 52.3 Å². The van der Waals surface area contributed by atoms with E-state index in [1.54, 1.807) is 49.4 Å². The molecule has 4 rings (SSSR count). The summed E-state index contributed by atoms with van der Waals surface area (Å²) >= 11 is 0. The number of carbonyl (C=O) groups is 1. The average Bonchev–Trinajstić information content (AvgIpc) is 2.93. The summed E-state index contributed by atoms with van der Waals surface area (Å²) in [4.78, 5) is 13.3. The number of morpholine rings is 1. The van der Waals surface area contributed by atoms with Crippen molar-refractivity contribution in [3.05, 3.63) is 53.6 Å². The topological polar surface area (TPSA) is 122 Å². The van der Waals surface area contributed by atoms with Crippen molar-refractivity contribution in [2.24, 2.45) is 5.92 Å². The van der Waals surface area contributed by atoms with Gasteiger partial charge in [0, 0.05) is 32.7 Å². The molecule has 2 aliphatic heterocycles. The van der Waals surface area contributed by atoms with Crippen LogP contribution in [0.2, 0.25) is 0 Å². The van der Waals surface area contributed by atoms with Crippen LogP contribution in [0.3, 0.4) is 0 Å². The molecule has 1 amide bonds. The zero-order chi connectivity index (χ0) is 27.3. The molecule has 38 heavy (non-hydrogen) atoms. The van der Waals surface area contributed by atoms with E-state index in [9.17, 15) is 21.6 Å². The Morgan fingerprint density at radius 2 is 1.63 bits per heavy atom. The Bertz CT molecular complexity index is 1340. The van der Waals surface area contributed by atoms with Crippen LogP contribution in [-0.2, 0) is 36.1 Å². The van der Waals surface area contributed by atoms with Crippen LogP contribution in [0.25, 0.3) is 0 Å². The van der Waals surface area contributed by atoms with E-state index in [0.29, 0.717) is 58.0 Å². The van der Waals surface area contributed by atoms with Crippen LogP contribution >= 0.6 is 0 Å². The first-order valence-corrected chi connectivity index (χ1v) is 15.7. The van der Waals surface area contributed by atoms with Crippen molar-refractivity contribution < 1.29 is 31.1 Å². The molecule has 1 N–H and O–H groups in total. The molecule has 2 saturated heterocycles. The molecule has 12 heteroatoms. The third kappa shape index (κ3) is 6.37. The van der Waals surface area contributed by atoms with Crippen molar-refractivity contribution in [1.82, 2.24) is 13.9 Å². The zero-order valence-corrected chi connectivity index (χ0v) is 23.4. The van der Waals surface area contributed by atoms with E-state index in [2.05, 4.69) is 5.32 Å². The molecular weight excluding hydrogens is 530 g/mol. The van der Waals surface area contributed by atoms with Gasteiger partial charge in [0.1, 0.15) is 5.75 Å². The van der Waals surface area contributed by atoms with E-state index in [0.717, 1.165) is 11.1 Å². The summed E-state index contributed by atoms with van der Waals surface area (Å²) in [6.45, 7) is 6.27. The van der Waals surface area contributed by atoms with Crippen molar-refractivity contribution in [1.29, 1.82) is 0 Å². The van der Waals surface area contributed by atoms with Gasteiger partial charge in [-0.1, -0.05) is 12.1 Å². The normalized spacial score (nSPS) is 19.7. The first-order valence-electron chi connectivity index (χ1n) is 12.8. The average molecular weight is 566 g/mol. The fourth-order valence-electron chi connectivity index (χ4n) is 4.67. The quantitative estimate of drug-likeness (QED) is 0.494. The number of amides is 1. The molecule has 0 aliphatic carbocycles. The summed E-state index contributed by atoms with van der Waals surface area (Å²) in [6, 6.07) is 11.3. The van der Waals surface area contributed by atoms with Crippen molar-refractivity contribution in [2.75, 3.05) is 46.0 Å². The largest absolute Gasteiger partial charge is 0.494 e. The lowest BCUT2D eigenvalue weighted by Crippen LogP contribution is -2.45. The molecule has 0 unspecified atom stereocenters. The standard InChI is InChI=1S/C26H35N3O7S2/c1-3-36-25-11-10-24(17-20(25)2)38(33,34)29-12-4-5-22(19-29)26(30)27-18-21-6-8-23(9-7-21)37(31,32)28-13-15-35-16-14-28/h6-11,17,22H,3-5,12-16,18-19H2,1-2H3,(H,27,30)/t22-/m1/s1. The highest BCUT2D eigenvalue weighted by atomic mass is 32.2. The number of hydrogen-bond acceptors (Lipinski definition) is 7. The van der Waals surface area contributed by atoms with Gasteiger partial charge in [-0.05, 0) is 68.1 Å². The summed E-state index contributed by atoms with van der Waals surface area (Å²) in [5.41, 5.74) is 1.49. The maximum Gasteiger partial charge on any atom is 0.243 e. The third-order valence-electron chi connectivity index (χ3n) is 6.84. The minimum Gasteiger partial charge on any atom is -0.494 e. The Hall–Kier alpha value is -2.51. The van der Waals surface area contributed by atoms with Crippen LogP contribution in [0.1, 0.15) is 30.9 Å². The predicted octanol–water partition coefficient (Wildman–Crippen LogP) is 2.13. The Labute approximate surface area is 225 Å². The number of nitrogens with one attached hydrogen (secondary N) is 1. The molecule has 2 aromatic carbocycles. The molecular formula is C26H35N3O7S2. The highest BCUT2D eigenvalue weighted by molar-refractivity contribution is 7.89. The van der Waals surface area contributed by atoms with Crippen LogP contribution in [0.5, 0.6) is 5.75 Å². The highest BCUT2D eigenvalue weighted by Gasteiger charge is 2.33. The summed E-state index contributed by atoms with van der Waals surface area (Å²) in [5.74, 6) is -0.0462. The van der Waals surface area contributed by atoms with Gasteiger partial charge in [-0.25, -0.2) is 16.8 Å². The first-order chi connectivity index (χ1) is 18.1. The van der Waals surface area contributed by atoms with Crippen molar-refractivity contribution >= 4 is 26.0 Å². The van der Waals surface area contributed by atoms with Gasteiger partial charge >= 0.3 is 0 Å². The monoisotopic (exact) mass is 565 g/mol. The molecule has 0 spiro atoms. The predicted molar refractivity (Wildman–Crippen MR) is 142 cm³/mol. The number of benzene rings is 2. The molecule has 2 heterocycles. The highest BCUT2D eigenvalue weighted by Crippen LogP contribution is 2.27. The second kappa shape index (κ2) is 12.1. The smallest absolute Gasteiger partial charge is 0.243 e. The second-order valence-electron chi connectivity index (χ2n) is 9.44. The number of rotatable bonds is 9. The summed E-state index contributed by atoms with van der Waals surface area (Å²) < 4.78 is 65.7. The second-order valence-corrected chi connectivity index (χ2v) is 13.3. The number of hydrogen-bond donors (Lipinski definition) is 1. The molecule has 2 aromatic rings. The molecule has 0 aromatic heterocycles. The van der Waals surface area contributed by atoms with Gasteiger partial charge in [-0.3, -0.25) is 4.79 Å². The lowest BCUT2D eigenvalue weighted by Gasteiger charge is -2.31. The maximum atomic E-state index is 13.3. The number of piperidine rings is 1. The molecule has 208 valence electrons. The SMILES string of the molecule is CCOc1ccc(S(=O)(=O)N2CCC[C@@H](C(=O)NCc3ccc(S(=O)(=O)N4CCOCC4)cc3)C2)cc1C. The van der Waals surface area contributed by atoms with E-state index >= 15 is 0 Å². The van der Waals surface area contributed by atoms with Crippen LogP contribution in [0, 0.1) is 12.8 Å². The van der Waals surface area contributed by atoms with E-state index in [1.165, 1.54) is 8.61 Å². The Morgan fingerprint density at radius 1 is 0.974 bits per heavy atom. The molecule has 0 saturated carbocycles. The molecule has 2 fully saturated rings. The Kier molecular flexibility index (Phi) is 9.09. The summed E-state index contributed by atoms with van der Waals surface area (Å²) in [6.07, 6.45) is 1.18. The molecule has 10 nitrogen and oxygen atoms in total. The first kappa shape index (κ1) is 28.5. The van der Waals surface area contributed by atoms with Crippen LogP contribution in [0.4, 0.5) is 0 Å². The lowest BCUT2D eigenvalue weighted by molar-refractivity contribution is -0.126. The fraction of sp³-hybridized carbons (Fsp3) is 0.500. The van der Waals surface area contributed by atoms with E-state index < -0.39 is 26.0 Å². The van der Waals surface area contributed by atoms with Gasteiger partial charge in [0.2, 0.25) is 26.0 Å². The van der Waals surface area contributed by atoms with Gasteiger partial charge in [-0.2, -0.15) is 8.61 Å². The lowest BCUT2D eigenvalue weighted by atomic mass is 9.99. The fourth-order valence-corrected chi connectivity index (χ4v) is 7.69. The zero-order valence-electron chi connectivity index (χ0n) is 21.8. The summed E-state index contributed by atoms with van der Waals surface area (Å²) in [5, 5.41) is 2.88. The summed E-state index contributed by atoms with van der Waals surface area (Å²) in [7, 11) is -7.33. The number of sulfonamides is 2. The van der Waals surface area contributed by atoms with Gasteiger partial charge in [-0.15, -0.1) is 0 Å². The molecule has 0 bridgehead atoms. The van der Waals surface area contributed by atoms with E-state index in [1.807, 2.05) is 6.92 Å². The van der Waals surface area contributed by atoms with Crippen LogP contribution in [-0.4, -0.2) is 77.4 Å². The number of nitrogens with zero attached hydrogens (tertiary/aromatic N) is 2. The maximum absolute atomic E-state index is 13.3. The Balaban J connectivity index is 1.35. The molecule has 0 radical (unpaired) electrons. The minimum absolute atomic E-state index is 0.108. The number of carbonyl (C=O) groups excluding carboxylic acids is 1. The third-order valence-corrected chi connectivity index (χ3v) is 10.6. The van der Waals surface area contributed by atoms with Gasteiger partial charge in [0.05, 0.1) is 35.5 Å². The molecule has 2 aliphatic rings. The van der Waals surface area contributed by atoms with Crippen molar-refractivity contribution in [3.8, 4) is 5.75 Å². The molecule has 1 atom stereocenters. The van der Waals surface area contributed by atoms with Crippen LogP contribution < -0.4 is 10.1 Å². The van der Waals surface area contributed by atoms with Gasteiger partial charge in [0.15, 0.2) is 0 Å². The van der Waals surface area contributed by atoms with E-state index in [4.69, 9.17) is 9.47 Å². The van der Waals surface area contributed by atoms with Crippen molar-refractivity contribution in [3.63, 3.8) is 0 Å². The minimum atomic E-state index is -3.75.